The van der Waals surface area contributed by atoms with Gasteiger partial charge in [0.15, 0.2) is 0 Å². The summed E-state index contributed by atoms with van der Waals surface area (Å²) < 4.78 is 32.4. The molecule has 7 heteroatoms. The minimum atomic E-state index is -3.73. The van der Waals surface area contributed by atoms with Crippen LogP contribution in [-0.2, 0) is 24.3 Å². The van der Waals surface area contributed by atoms with Gasteiger partial charge in [-0.1, -0.05) is 56.3 Å². The lowest BCUT2D eigenvalue weighted by molar-refractivity contribution is -0.136. The van der Waals surface area contributed by atoms with Crippen molar-refractivity contribution in [2.45, 2.75) is 32.1 Å². The van der Waals surface area contributed by atoms with Gasteiger partial charge in [0.05, 0.1) is 17.1 Å². The maximum Gasteiger partial charge on any atom is 0.339 e. The highest BCUT2D eigenvalue weighted by molar-refractivity contribution is 7.89. The Morgan fingerprint density at radius 2 is 1.55 bits per heavy atom. The van der Waals surface area contributed by atoms with Crippen molar-refractivity contribution in [3.8, 4) is 0 Å². The van der Waals surface area contributed by atoms with Gasteiger partial charge in [0.25, 0.3) is 0 Å². The largest absolute Gasteiger partial charge is 0.462 e. The molecule has 3 rings (SSSR count). The second kappa shape index (κ2) is 12.2. The van der Waals surface area contributed by atoms with Crippen molar-refractivity contribution in [1.29, 1.82) is 0 Å². The summed E-state index contributed by atoms with van der Waals surface area (Å²) in [6.45, 7) is 7.08. The topological polar surface area (TPSA) is 95.7 Å². The number of carbonyl (C=O) groups is 1. The SMILES string of the molecule is CC.CCOC.NS(=O)(=O)c1ccc(C2=C(c3ccccc3)C(=O)OCC2)cc1. The molecule has 29 heavy (non-hydrogen) atoms. The Morgan fingerprint density at radius 1 is 1.00 bits per heavy atom. The van der Waals surface area contributed by atoms with E-state index in [4.69, 9.17) is 9.88 Å². The zero-order valence-corrected chi connectivity index (χ0v) is 18.2. The van der Waals surface area contributed by atoms with E-state index in [0.717, 1.165) is 23.3 Å². The van der Waals surface area contributed by atoms with Crippen LogP contribution in [0, 0.1) is 0 Å². The lowest BCUT2D eigenvalue weighted by Gasteiger charge is -2.20. The summed E-state index contributed by atoms with van der Waals surface area (Å²) in [6, 6.07) is 15.5. The number of primary sulfonamides is 1. The third-order valence-corrected chi connectivity index (χ3v) is 4.90. The Labute approximate surface area is 173 Å². The van der Waals surface area contributed by atoms with E-state index in [1.807, 2.05) is 51.1 Å². The summed E-state index contributed by atoms with van der Waals surface area (Å²) in [6.07, 6.45) is 0.574. The molecule has 2 aromatic carbocycles. The van der Waals surface area contributed by atoms with Gasteiger partial charge in [-0.15, -0.1) is 0 Å². The highest BCUT2D eigenvalue weighted by Crippen LogP contribution is 2.33. The van der Waals surface area contributed by atoms with Crippen molar-refractivity contribution in [3.05, 3.63) is 65.7 Å². The molecule has 2 aromatic rings. The van der Waals surface area contributed by atoms with Crippen LogP contribution in [-0.4, -0.2) is 34.7 Å². The average molecular weight is 420 g/mol. The number of cyclic esters (lactones) is 1. The number of nitrogens with two attached hydrogens (primary N) is 1. The van der Waals surface area contributed by atoms with Gasteiger partial charge in [-0.25, -0.2) is 18.4 Å². The van der Waals surface area contributed by atoms with Crippen LogP contribution in [0.3, 0.4) is 0 Å². The molecule has 0 amide bonds. The fourth-order valence-electron chi connectivity index (χ4n) is 2.60. The molecule has 2 N–H and O–H groups in total. The number of rotatable bonds is 4. The van der Waals surface area contributed by atoms with E-state index in [0.29, 0.717) is 18.6 Å². The predicted octanol–water partition coefficient (Wildman–Crippen LogP) is 3.87. The summed E-state index contributed by atoms with van der Waals surface area (Å²) >= 11 is 0. The Morgan fingerprint density at radius 3 is 2.03 bits per heavy atom. The minimum absolute atomic E-state index is 0.0431. The summed E-state index contributed by atoms with van der Waals surface area (Å²) in [5.74, 6) is -0.368. The Balaban J connectivity index is 0.000000627. The molecule has 0 atom stereocenters. The smallest absolute Gasteiger partial charge is 0.339 e. The van der Waals surface area contributed by atoms with Crippen LogP contribution in [0.4, 0.5) is 0 Å². The molecule has 158 valence electrons. The first-order valence-electron chi connectivity index (χ1n) is 9.46. The molecule has 1 aliphatic heterocycles. The highest BCUT2D eigenvalue weighted by Gasteiger charge is 2.24. The zero-order valence-electron chi connectivity index (χ0n) is 17.3. The van der Waals surface area contributed by atoms with Gasteiger partial charge >= 0.3 is 5.97 Å². The quantitative estimate of drug-likeness (QED) is 0.759. The number of methoxy groups -OCH3 is 1. The minimum Gasteiger partial charge on any atom is -0.462 e. The van der Waals surface area contributed by atoms with Gasteiger partial charge in [0, 0.05) is 20.1 Å². The van der Waals surface area contributed by atoms with Crippen LogP contribution >= 0.6 is 0 Å². The van der Waals surface area contributed by atoms with Gasteiger partial charge in [-0.3, -0.25) is 0 Å². The number of hydrogen-bond acceptors (Lipinski definition) is 5. The monoisotopic (exact) mass is 419 g/mol. The normalized spacial score (nSPS) is 13.5. The number of benzene rings is 2. The van der Waals surface area contributed by atoms with Crippen LogP contribution in [0.2, 0.25) is 0 Å². The van der Waals surface area contributed by atoms with Crippen LogP contribution in [0.1, 0.15) is 38.3 Å². The van der Waals surface area contributed by atoms with Crippen molar-refractivity contribution in [3.63, 3.8) is 0 Å². The molecule has 0 bridgehead atoms. The molecule has 0 fully saturated rings. The maximum atomic E-state index is 12.2. The van der Waals surface area contributed by atoms with E-state index < -0.39 is 10.0 Å². The van der Waals surface area contributed by atoms with Crippen LogP contribution in [0.25, 0.3) is 11.1 Å². The van der Waals surface area contributed by atoms with Gasteiger partial charge in [-0.2, -0.15) is 0 Å². The molecule has 6 nitrogen and oxygen atoms in total. The number of hydrogen-bond donors (Lipinski definition) is 1. The van der Waals surface area contributed by atoms with E-state index in [9.17, 15) is 13.2 Å². The van der Waals surface area contributed by atoms with Crippen LogP contribution in [0.5, 0.6) is 0 Å². The van der Waals surface area contributed by atoms with Gasteiger partial charge in [-0.05, 0) is 35.8 Å². The van der Waals surface area contributed by atoms with Crippen molar-refractivity contribution in [2.24, 2.45) is 5.14 Å². The fraction of sp³-hybridized carbons (Fsp3) is 0.318. The molecule has 1 heterocycles. The van der Waals surface area contributed by atoms with E-state index in [2.05, 4.69) is 4.74 Å². The lowest BCUT2D eigenvalue weighted by Crippen LogP contribution is -2.16. The molecule has 0 unspecified atom stereocenters. The van der Waals surface area contributed by atoms with Crippen molar-refractivity contribution < 1.29 is 22.7 Å². The van der Waals surface area contributed by atoms with Crippen molar-refractivity contribution >= 4 is 27.1 Å². The van der Waals surface area contributed by atoms with Gasteiger partial charge in [0.2, 0.25) is 10.0 Å². The Kier molecular flexibility index (Phi) is 10.3. The number of esters is 1. The van der Waals surface area contributed by atoms with Crippen molar-refractivity contribution in [1.82, 2.24) is 0 Å². The first-order chi connectivity index (χ1) is 13.9. The van der Waals surface area contributed by atoms with E-state index in [-0.39, 0.29) is 10.9 Å². The molecule has 0 aliphatic carbocycles. The first-order valence-corrected chi connectivity index (χ1v) is 11.0. The summed E-state index contributed by atoms with van der Waals surface area (Å²) in [4.78, 5) is 12.3. The fourth-order valence-corrected chi connectivity index (χ4v) is 3.11. The highest BCUT2D eigenvalue weighted by atomic mass is 32.2. The number of sulfonamides is 1. The molecule has 0 radical (unpaired) electrons. The third kappa shape index (κ3) is 7.12. The maximum absolute atomic E-state index is 12.2. The molecule has 1 aliphatic rings. The lowest BCUT2D eigenvalue weighted by atomic mass is 9.91. The molecular weight excluding hydrogens is 390 g/mol. The molecular formula is C22H29NO5S. The molecule has 0 spiro atoms. The summed E-state index contributed by atoms with van der Waals surface area (Å²) in [7, 11) is -2.05. The molecule has 0 saturated heterocycles. The second-order valence-corrected chi connectivity index (χ2v) is 7.31. The van der Waals surface area contributed by atoms with E-state index in [1.54, 1.807) is 19.2 Å². The third-order valence-electron chi connectivity index (χ3n) is 3.97. The predicted molar refractivity (Wildman–Crippen MR) is 116 cm³/mol. The number of ether oxygens (including phenoxy) is 2. The summed E-state index contributed by atoms with van der Waals surface area (Å²) in [5.41, 5.74) is 2.92. The second-order valence-electron chi connectivity index (χ2n) is 5.75. The van der Waals surface area contributed by atoms with Crippen LogP contribution in [0.15, 0.2) is 59.5 Å². The van der Waals surface area contributed by atoms with Gasteiger partial charge < -0.3 is 9.47 Å². The van der Waals surface area contributed by atoms with E-state index in [1.165, 1.54) is 12.1 Å². The van der Waals surface area contributed by atoms with Crippen molar-refractivity contribution in [2.75, 3.05) is 20.3 Å². The Hall–Kier alpha value is -2.48. The molecule has 0 aromatic heterocycles. The zero-order chi connectivity index (χ0) is 21.9. The van der Waals surface area contributed by atoms with E-state index >= 15 is 0 Å². The average Bonchev–Trinajstić information content (AvgIpc) is 2.75. The van der Waals surface area contributed by atoms with Crippen LogP contribution < -0.4 is 5.14 Å². The molecule has 0 saturated carbocycles. The standard InChI is InChI=1S/C17H15NO4S.C3H8O.C2H6/c18-23(20,21)14-8-6-12(7-9-14)15-10-11-22-17(19)16(15)13-4-2-1-3-5-13;1-3-4-2;1-2/h1-9H,10-11H2,(H2,18,20,21);3H2,1-2H3;1-2H3. The van der Waals surface area contributed by atoms with Gasteiger partial charge in [0.1, 0.15) is 0 Å². The summed E-state index contributed by atoms with van der Waals surface area (Å²) in [5, 5.41) is 5.11. The number of carbonyl (C=O) groups excluding carboxylic acids is 1. The first kappa shape index (κ1) is 24.6. The Bertz CT molecular complexity index is 902.